The fourth-order valence-corrected chi connectivity index (χ4v) is 3.65. The molecule has 0 atom stereocenters. The maximum Gasteiger partial charge on any atom is 0.256 e. The van der Waals surface area contributed by atoms with Crippen LogP contribution in [0.3, 0.4) is 0 Å². The van der Waals surface area contributed by atoms with E-state index in [1.54, 1.807) is 46.2 Å². The van der Waals surface area contributed by atoms with Crippen LogP contribution in [0.1, 0.15) is 53.3 Å². The highest BCUT2D eigenvalue weighted by Crippen LogP contribution is 2.16. The molecule has 0 aliphatic carbocycles. The van der Waals surface area contributed by atoms with Gasteiger partial charge in [-0.1, -0.05) is 19.1 Å². The number of hydrogen-bond acceptors (Lipinski definition) is 4. The number of ketones is 1. The molecular formula is C25H29FN2O4. The van der Waals surface area contributed by atoms with Gasteiger partial charge in [-0.25, -0.2) is 4.39 Å². The van der Waals surface area contributed by atoms with Crippen LogP contribution in [-0.4, -0.2) is 60.2 Å². The Morgan fingerprint density at radius 1 is 0.906 bits per heavy atom. The highest BCUT2D eigenvalue weighted by atomic mass is 19.1. The smallest absolute Gasteiger partial charge is 0.256 e. The first-order valence-corrected chi connectivity index (χ1v) is 11.1. The number of ether oxygens (including phenoxy) is 1. The first kappa shape index (κ1) is 23.4. The van der Waals surface area contributed by atoms with E-state index in [0.717, 1.165) is 12.2 Å². The van der Waals surface area contributed by atoms with Crippen molar-refractivity contribution in [3.8, 4) is 5.75 Å². The van der Waals surface area contributed by atoms with Crippen molar-refractivity contribution in [1.29, 1.82) is 0 Å². The molecule has 1 heterocycles. The lowest BCUT2D eigenvalue weighted by molar-refractivity contribution is -0.131. The fourth-order valence-electron chi connectivity index (χ4n) is 3.65. The summed E-state index contributed by atoms with van der Waals surface area (Å²) in [5, 5.41) is 0. The van der Waals surface area contributed by atoms with Crippen molar-refractivity contribution >= 4 is 17.6 Å². The number of hydrogen-bond donors (Lipinski definition) is 0. The number of benzene rings is 2. The summed E-state index contributed by atoms with van der Waals surface area (Å²) in [4.78, 5) is 41.0. The Kier molecular flexibility index (Phi) is 8.36. The van der Waals surface area contributed by atoms with E-state index in [1.165, 1.54) is 12.1 Å². The maximum atomic E-state index is 13.9. The molecule has 0 saturated carbocycles. The molecule has 0 spiro atoms. The molecule has 0 bridgehead atoms. The third kappa shape index (κ3) is 6.15. The summed E-state index contributed by atoms with van der Waals surface area (Å²) in [6.07, 6.45) is 1.77. The molecule has 32 heavy (non-hydrogen) atoms. The lowest BCUT2D eigenvalue weighted by Gasteiger charge is -2.22. The SMILES string of the molecule is CCCOc1ccc(C(=O)CCC(=O)N2CCCN(C(=O)c3ccccc3F)CC2)cc1. The van der Waals surface area contributed by atoms with Gasteiger partial charge in [0.15, 0.2) is 5.78 Å². The van der Waals surface area contributed by atoms with E-state index < -0.39 is 5.82 Å². The van der Waals surface area contributed by atoms with Crippen LogP contribution in [0.2, 0.25) is 0 Å². The minimum Gasteiger partial charge on any atom is -0.494 e. The molecule has 0 aromatic heterocycles. The number of Topliss-reactive ketones (excluding diaryl/α,β-unsaturated/α-hetero) is 1. The molecular weight excluding hydrogens is 411 g/mol. The van der Waals surface area contributed by atoms with Crippen LogP contribution in [0, 0.1) is 5.82 Å². The van der Waals surface area contributed by atoms with Gasteiger partial charge in [0, 0.05) is 44.6 Å². The summed E-state index contributed by atoms with van der Waals surface area (Å²) >= 11 is 0. The van der Waals surface area contributed by atoms with Crippen LogP contribution < -0.4 is 4.74 Å². The van der Waals surface area contributed by atoms with Crippen molar-refractivity contribution < 1.29 is 23.5 Å². The highest BCUT2D eigenvalue weighted by molar-refractivity contribution is 5.98. The van der Waals surface area contributed by atoms with E-state index >= 15 is 0 Å². The zero-order chi connectivity index (χ0) is 22.9. The second kappa shape index (κ2) is 11.4. The fraction of sp³-hybridized carbons (Fsp3) is 0.400. The van der Waals surface area contributed by atoms with E-state index in [4.69, 9.17) is 4.74 Å². The normalized spacial score (nSPS) is 14.1. The van der Waals surface area contributed by atoms with Gasteiger partial charge in [0.2, 0.25) is 5.91 Å². The van der Waals surface area contributed by atoms with Gasteiger partial charge in [0.05, 0.1) is 12.2 Å². The molecule has 0 unspecified atom stereocenters. The third-order valence-corrected chi connectivity index (χ3v) is 5.46. The van der Waals surface area contributed by atoms with Crippen LogP contribution in [0.5, 0.6) is 5.75 Å². The van der Waals surface area contributed by atoms with Crippen molar-refractivity contribution in [3.05, 3.63) is 65.5 Å². The Hall–Kier alpha value is -3.22. The number of carbonyl (C=O) groups excluding carboxylic acids is 3. The van der Waals surface area contributed by atoms with E-state index in [-0.39, 0.29) is 36.0 Å². The second-order valence-electron chi connectivity index (χ2n) is 7.80. The van der Waals surface area contributed by atoms with Gasteiger partial charge in [-0.05, 0) is 49.2 Å². The molecule has 2 aromatic carbocycles. The second-order valence-corrected chi connectivity index (χ2v) is 7.80. The van der Waals surface area contributed by atoms with Crippen LogP contribution >= 0.6 is 0 Å². The number of rotatable bonds is 8. The zero-order valence-electron chi connectivity index (χ0n) is 18.4. The lowest BCUT2D eigenvalue weighted by Crippen LogP contribution is -2.37. The Morgan fingerprint density at radius 3 is 2.31 bits per heavy atom. The molecule has 0 N–H and O–H groups in total. The quantitative estimate of drug-likeness (QED) is 0.583. The molecule has 1 saturated heterocycles. The summed E-state index contributed by atoms with van der Waals surface area (Å²) in [5.41, 5.74) is 0.600. The average molecular weight is 441 g/mol. The van der Waals surface area contributed by atoms with Gasteiger partial charge in [-0.3, -0.25) is 14.4 Å². The summed E-state index contributed by atoms with van der Waals surface area (Å²) in [6.45, 7) is 4.33. The van der Waals surface area contributed by atoms with Crippen LogP contribution in [-0.2, 0) is 4.79 Å². The van der Waals surface area contributed by atoms with Crippen molar-refractivity contribution in [3.63, 3.8) is 0 Å². The van der Waals surface area contributed by atoms with E-state index in [0.29, 0.717) is 44.8 Å². The topological polar surface area (TPSA) is 66.9 Å². The number of carbonyl (C=O) groups is 3. The van der Waals surface area contributed by atoms with Crippen molar-refractivity contribution in [2.75, 3.05) is 32.8 Å². The standard InChI is InChI=1S/C25H29FN2O4/c1-2-18-32-20-10-8-19(9-11-20)23(29)12-13-24(30)27-14-5-15-28(17-16-27)25(31)21-6-3-4-7-22(21)26/h3-4,6-11H,2,5,12-18H2,1H3. The molecule has 170 valence electrons. The summed E-state index contributed by atoms with van der Waals surface area (Å²) in [6, 6.07) is 12.9. The lowest BCUT2D eigenvalue weighted by atomic mass is 10.1. The van der Waals surface area contributed by atoms with Crippen LogP contribution in [0.4, 0.5) is 4.39 Å². The van der Waals surface area contributed by atoms with Crippen molar-refractivity contribution in [2.45, 2.75) is 32.6 Å². The first-order chi connectivity index (χ1) is 15.5. The molecule has 3 rings (SSSR count). The largest absolute Gasteiger partial charge is 0.494 e. The highest BCUT2D eigenvalue weighted by Gasteiger charge is 2.24. The van der Waals surface area contributed by atoms with Gasteiger partial charge in [-0.15, -0.1) is 0 Å². The monoisotopic (exact) mass is 440 g/mol. The van der Waals surface area contributed by atoms with Crippen LogP contribution in [0.25, 0.3) is 0 Å². The Morgan fingerprint density at radius 2 is 1.59 bits per heavy atom. The Balaban J connectivity index is 1.49. The van der Waals surface area contributed by atoms with Crippen molar-refractivity contribution in [2.24, 2.45) is 0 Å². The summed E-state index contributed by atoms with van der Waals surface area (Å²) in [7, 11) is 0. The predicted molar refractivity (Wildman–Crippen MR) is 119 cm³/mol. The molecule has 7 heteroatoms. The first-order valence-electron chi connectivity index (χ1n) is 11.1. The predicted octanol–water partition coefficient (Wildman–Crippen LogP) is 3.95. The van der Waals surface area contributed by atoms with Crippen molar-refractivity contribution in [1.82, 2.24) is 9.80 Å². The van der Waals surface area contributed by atoms with Gasteiger partial charge in [0.1, 0.15) is 11.6 Å². The molecule has 6 nitrogen and oxygen atoms in total. The van der Waals surface area contributed by atoms with E-state index in [9.17, 15) is 18.8 Å². The summed E-state index contributed by atoms with van der Waals surface area (Å²) < 4.78 is 19.5. The Bertz CT molecular complexity index is 945. The molecule has 1 aliphatic rings. The molecule has 0 radical (unpaired) electrons. The van der Waals surface area contributed by atoms with Gasteiger partial charge >= 0.3 is 0 Å². The van der Waals surface area contributed by atoms with Crippen LogP contribution in [0.15, 0.2) is 48.5 Å². The van der Waals surface area contributed by atoms with Gasteiger partial charge in [0.25, 0.3) is 5.91 Å². The van der Waals surface area contributed by atoms with E-state index in [2.05, 4.69) is 0 Å². The molecule has 2 aromatic rings. The summed E-state index contributed by atoms with van der Waals surface area (Å²) in [5.74, 6) is -0.386. The number of amides is 2. The number of nitrogens with zero attached hydrogens (tertiary/aromatic N) is 2. The van der Waals surface area contributed by atoms with Gasteiger partial charge in [-0.2, -0.15) is 0 Å². The van der Waals surface area contributed by atoms with Gasteiger partial charge < -0.3 is 14.5 Å². The maximum absolute atomic E-state index is 13.9. The molecule has 2 amide bonds. The van der Waals surface area contributed by atoms with E-state index in [1.807, 2.05) is 6.92 Å². The third-order valence-electron chi connectivity index (χ3n) is 5.46. The average Bonchev–Trinajstić information content (AvgIpc) is 3.07. The minimum atomic E-state index is -0.543. The minimum absolute atomic E-state index is 0.0454. The molecule has 1 aliphatic heterocycles. The molecule has 1 fully saturated rings. The zero-order valence-corrected chi connectivity index (χ0v) is 18.4. The Labute approximate surface area is 188 Å². The number of halogens is 1.